The monoisotopic (exact) mass is 363 g/mol. The predicted octanol–water partition coefficient (Wildman–Crippen LogP) is 3.64. The SMILES string of the molecule is Cc1cc(NC(=O)C2CCC(C(=O)Nc3ccc(F)cc3F)CC2)no1. The quantitative estimate of drug-likeness (QED) is 0.868. The lowest BCUT2D eigenvalue weighted by atomic mass is 9.81. The number of aryl methyl sites for hydroxylation is 1. The Labute approximate surface area is 148 Å². The molecule has 0 unspecified atom stereocenters. The van der Waals surface area contributed by atoms with Crippen molar-refractivity contribution in [2.75, 3.05) is 10.6 Å². The molecule has 1 saturated carbocycles. The second-order valence-corrected chi connectivity index (χ2v) is 6.47. The molecule has 1 aliphatic carbocycles. The summed E-state index contributed by atoms with van der Waals surface area (Å²) in [6, 6.07) is 4.64. The zero-order chi connectivity index (χ0) is 18.7. The van der Waals surface area contributed by atoms with E-state index in [1.54, 1.807) is 13.0 Å². The van der Waals surface area contributed by atoms with Crippen LogP contribution in [0.3, 0.4) is 0 Å². The van der Waals surface area contributed by atoms with Gasteiger partial charge in [0.15, 0.2) is 5.82 Å². The Morgan fingerprint density at radius 2 is 1.65 bits per heavy atom. The summed E-state index contributed by atoms with van der Waals surface area (Å²) in [7, 11) is 0. The fourth-order valence-electron chi connectivity index (χ4n) is 3.10. The highest BCUT2D eigenvalue weighted by atomic mass is 19.1. The van der Waals surface area contributed by atoms with Crippen LogP contribution in [0.4, 0.5) is 20.3 Å². The summed E-state index contributed by atoms with van der Waals surface area (Å²) in [5.74, 6) is -1.52. The average Bonchev–Trinajstić information content (AvgIpc) is 3.02. The zero-order valence-corrected chi connectivity index (χ0v) is 14.2. The van der Waals surface area contributed by atoms with Gasteiger partial charge in [0.2, 0.25) is 11.8 Å². The number of aromatic nitrogens is 1. The molecule has 26 heavy (non-hydrogen) atoms. The van der Waals surface area contributed by atoms with Crippen LogP contribution in [-0.4, -0.2) is 17.0 Å². The Bertz CT molecular complexity index is 814. The molecule has 0 bridgehead atoms. The molecular weight excluding hydrogens is 344 g/mol. The van der Waals surface area contributed by atoms with Crippen molar-refractivity contribution in [3.05, 3.63) is 41.7 Å². The molecular formula is C18H19F2N3O3. The maximum absolute atomic E-state index is 13.6. The van der Waals surface area contributed by atoms with E-state index < -0.39 is 11.6 Å². The maximum atomic E-state index is 13.6. The van der Waals surface area contributed by atoms with Crippen LogP contribution in [0.15, 0.2) is 28.8 Å². The first-order valence-corrected chi connectivity index (χ1v) is 8.42. The summed E-state index contributed by atoms with van der Waals surface area (Å²) in [5, 5.41) is 8.91. The van der Waals surface area contributed by atoms with Crippen LogP contribution < -0.4 is 10.6 Å². The summed E-state index contributed by atoms with van der Waals surface area (Å²) in [6.07, 6.45) is 2.13. The van der Waals surface area contributed by atoms with E-state index >= 15 is 0 Å². The van der Waals surface area contributed by atoms with Crippen molar-refractivity contribution in [3.8, 4) is 0 Å². The first kappa shape index (κ1) is 18.0. The van der Waals surface area contributed by atoms with Gasteiger partial charge in [-0.3, -0.25) is 9.59 Å². The van der Waals surface area contributed by atoms with Gasteiger partial charge in [0.25, 0.3) is 0 Å². The number of nitrogens with zero attached hydrogens (tertiary/aromatic N) is 1. The van der Waals surface area contributed by atoms with Crippen LogP contribution >= 0.6 is 0 Å². The maximum Gasteiger partial charge on any atom is 0.228 e. The molecule has 2 aromatic rings. The molecule has 6 nitrogen and oxygen atoms in total. The van der Waals surface area contributed by atoms with Gasteiger partial charge in [-0.25, -0.2) is 8.78 Å². The number of anilines is 2. The van der Waals surface area contributed by atoms with Crippen molar-refractivity contribution in [2.24, 2.45) is 11.8 Å². The zero-order valence-electron chi connectivity index (χ0n) is 14.2. The number of amides is 2. The van der Waals surface area contributed by atoms with Gasteiger partial charge in [-0.15, -0.1) is 0 Å². The average molecular weight is 363 g/mol. The molecule has 2 N–H and O–H groups in total. The summed E-state index contributed by atoms with van der Waals surface area (Å²) < 4.78 is 31.5. The van der Waals surface area contributed by atoms with Gasteiger partial charge in [0, 0.05) is 24.0 Å². The van der Waals surface area contributed by atoms with Crippen molar-refractivity contribution in [1.29, 1.82) is 0 Å². The normalized spacial score (nSPS) is 19.8. The number of hydrogen-bond donors (Lipinski definition) is 2. The first-order valence-electron chi connectivity index (χ1n) is 8.42. The minimum atomic E-state index is -0.811. The predicted molar refractivity (Wildman–Crippen MR) is 90.3 cm³/mol. The highest BCUT2D eigenvalue weighted by Crippen LogP contribution is 2.31. The molecule has 1 heterocycles. The van der Waals surface area contributed by atoms with E-state index in [0.29, 0.717) is 37.3 Å². The van der Waals surface area contributed by atoms with Gasteiger partial charge in [0.05, 0.1) is 5.69 Å². The fourth-order valence-corrected chi connectivity index (χ4v) is 3.10. The van der Waals surface area contributed by atoms with Gasteiger partial charge in [-0.1, -0.05) is 5.16 Å². The van der Waals surface area contributed by atoms with Gasteiger partial charge in [0.1, 0.15) is 17.4 Å². The second-order valence-electron chi connectivity index (χ2n) is 6.47. The van der Waals surface area contributed by atoms with Crippen molar-refractivity contribution in [2.45, 2.75) is 32.6 Å². The molecule has 1 fully saturated rings. The first-order chi connectivity index (χ1) is 12.4. The molecule has 1 aliphatic rings. The topological polar surface area (TPSA) is 84.2 Å². The smallest absolute Gasteiger partial charge is 0.228 e. The molecule has 3 rings (SSSR count). The minimum Gasteiger partial charge on any atom is -0.360 e. The van der Waals surface area contributed by atoms with Crippen LogP contribution in [0.25, 0.3) is 0 Å². The van der Waals surface area contributed by atoms with Gasteiger partial charge >= 0.3 is 0 Å². The van der Waals surface area contributed by atoms with Gasteiger partial charge in [-0.2, -0.15) is 0 Å². The van der Waals surface area contributed by atoms with E-state index in [1.165, 1.54) is 6.07 Å². The standard InChI is InChI=1S/C18H19F2N3O3/c1-10-8-16(23-26-10)22-18(25)12-4-2-11(3-5-12)17(24)21-15-7-6-13(19)9-14(15)20/h6-9,11-12H,2-5H2,1H3,(H,21,24)(H,22,23,25). The Kier molecular flexibility index (Phi) is 5.29. The second kappa shape index (κ2) is 7.63. The van der Waals surface area contributed by atoms with Crippen molar-refractivity contribution in [1.82, 2.24) is 5.16 Å². The van der Waals surface area contributed by atoms with Crippen molar-refractivity contribution >= 4 is 23.3 Å². The number of benzene rings is 1. The lowest BCUT2D eigenvalue weighted by Crippen LogP contribution is -2.32. The molecule has 0 atom stereocenters. The van der Waals surface area contributed by atoms with E-state index in [9.17, 15) is 18.4 Å². The Balaban J connectivity index is 1.51. The summed E-state index contributed by atoms with van der Waals surface area (Å²) in [4.78, 5) is 24.5. The Morgan fingerprint density at radius 1 is 1.04 bits per heavy atom. The lowest BCUT2D eigenvalue weighted by Gasteiger charge is -2.26. The highest BCUT2D eigenvalue weighted by molar-refractivity contribution is 5.94. The largest absolute Gasteiger partial charge is 0.360 e. The highest BCUT2D eigenvalue weighted by Gasteiger charge is 2.30. The van der Waals surface area contributed by atoms with Crippen molar-refractivity contribution < 1.29 is 22.9 Å². The Hall–Kier alpha value is -2.77. The molecule has 2 amide bonds. The Morgan fingerprint density at radius 3 is 2.19 bits per heavy atom. The minimum absolute atomic E-state index is 0.0438. The molecule has 0 spiro atoms. The number of hydrogen-bond acceptors (Lipinski definition) is 4. The van der Waals surface area contributed by atoms with Crippen LogP contribution in [-0.2, 0) is 9.59 Å². The van der Waals surface area contributed by atoms with E-state index in [1.807, 2.05) is 0 Å². The van der Waals surface area contributed by atoms with Gasteiger partial charge < -0.3 is 15.2 Å². The van der Waals surface area contributed by atoms with E-state index in [-0.39, 0.29) is 29.3 Å². The molecule has 1 aromatic carbocycles. The lowest BCUT2D eigenvalue weighted by molar-refractivity contribution is -0.125. The summed E-state index contributed by atoms with van der Waals surface area (Å²) >= 11 is 0. The van der Waals surface area contributed by atoms with E-state index in [4.69, 9.17) is 4.52 Å². The third-order valence-electron chi connectivity index (χ3n) is 4.54. The van der Waals surface area contributed by atoms with Crippen LogP contribution in [0.2, 0.25) is 0 Å². The number of rotatable bonds is 4. The molecule has 1 aromatic heterocycles. The number of halogens is 2. The molecule has 0 aliphatic heterocycles. The van der Waals surface area contributed by atoms with Gasteiger partial charge in [-0.05, 0) is 44.7 Å². The molecule has 0 saturated heterocycles. The number of carbonyl (C=O) groups is 2. The van der Waals surface area contributed by atoms with Crippen LogP contribution in [0.5, 0.6) is 0 Å². The number of carbonyl (C=O) groups excluding carboxylic acids is 2. The molecule has 8 heteroatoms. The third-order valence-corrected chi connectivity index (χ3v) is 4.54. The fraction of sp³-hybridized carbons (Fsp3) is 0.389. The third kappa shape index (κ3) is 4.25. The number of nitrogens with one attached hydrogen (secondary N) is 2. The van der Waals surface area contributed by atoms with E-state index in [2.05, 4.69) is 15.8 Å². The summed E-state index contributed by atoms with van der Waals surface area (Å²) in [5.41, 5.74) is -0.0438. The van der Waals surface area contributed by atoms with Crippen LogP contribution in [0, 0.1) is 30.4 Å². The molecule has 138 valence electrons. The van der Waals surface area contributed by atoms with E-state index in [0.717, 1.165) is 12.1 Å². The molecule has 0 radical (unpaired) electrons. The van der Waals surface area contributed by atoms with Crippen LogP contribution in [0.1, 0.15) is 31.4 Å². The summed E-state index contributed by atoms with van der Waals surface area (Å²) in [6.45, 7) is 1.73. The van der Waals surface area contributed by atoms with Crippen molar-refractivity contribution in [3.63, 3.8) is 0 Å².